The summed E-state index contributed by atoms with van der Waals surface area (Å²) in [5.41, 5.74) is 2.64. The van der Waals surface area contributed by atoms with E-state index in [1.807, 2.05) is 35.6 Å². The Balaban J connectivity index is 1.10. The standard InChI is InChI=1S/C58H79IN2O20S2/c1-14-61(33(9)62)35-26-74-40(24-39(35)70-10)79-52-47(66)45(30(6)76-57(52)78-38-19-17-15-16-18-21-58(69)25-37(64)28(4)42(38)34(58)20-22-82-27(2)3)60-81-41-23-36(63)54(32(8)75-41)83-55(68)43-29(5)44(59)50(53(73-13)49(43)71-11)80-56-48(67)51(72-12)46(65)31(7)77-56/h15-16,20,27,30-32,35-36,38-41,45-48,51-52,54,56-57,60,63,65-67,69H,14,22-26H2,1-13H3/b16-15-,34-20-/t30?,31?,32?,35?,36?,38?,39?,40?,41?,45?,46?,47?,48?,51?,52?,54?,56?,57?,58-/m0/s1. The van der Waals surface area contributed by atoms with Crippen molar-refractivity contribution in [1.82, 2.24) is 10.4 Å². The van der Waals surface area contributed by atoms with Crippen molar-refractivity contribution < 1.29 is 96.9 Å². The Kier molecular flexibility index (Phi) is 23.9. The van der Waals surface area contributed by atoms with Gasteiger partial charge in [0.1, 0.15) is 36.6 Å². The first-order valence-corrected chi connectivity index (χ1v) is 30.6. The Morgan fingerprint density at radius 1 is 0.892 bits per heavy atom. The smallest absolute Gasteiger partial charge is 0.229 e. The number of fused-ring (bicyclic) bond motifs is 2. The SMILES string of the molecule is CCN(C(C)=O)C1COC(OC2C(OC3C#C/C=C\C#C[C@]4(O)CC(=O)C(C)=C3/C4=C/CSC(C)C)OC(C)C(NOC3CC(O)C(SC(=O)c4c(C)c(I)c(OC5OC(C)C(O)C(OC)C5O)c(OC)c4OC)C(C)O3)C2O)CC1OC. The summed E-state index contributed by atoms with van der Waals surface area (Å²) in [6.45, 7) is 16.2. The fourth-order valence-electron chi connectivity index (χ4n) is 11.0. The van der Waals surface area contributed by atoms with Crippen molar-refractivity contribution in [3.8, 4) is 40.9 Å². The number of aliphatic hydroxyl groups is 5. The van der Waals surface area contributed by atoms with Crippen LogP contribution in [0.1, 0.15) is 90.6 Å². The lowest BCUT2D eigenvalue weighted by molar-refractivity contribution is -0.337. The molecule has 0 saturated carbocycles. The number of hydroxylamine groups is 1. The molecule has 6 N–H and O–H groups in total. The number of halogens is 1. The van der Waals surface area contributed by atoms with E-state index < -0.39 is 120 Å². The van der Waals surface area contributed by atoms with Gasteiger partial charge in [-0.05, 0) is 92.7 Å². The lowest BCUT2D eigenvalue weighted by Gasteiger charge is -2.47. The van der Waals surface area contributed by atoms with E-state index in [0.29, 0.717) is 38.2 Å². The molecule has 0 radical (unpaired) electrons. The van der Waals surface area contributed by atoms with Gasteiger partial charge >= 0.3 is 0 Å². The Hall–Kier alpha value is -3.40. The van der Waals surface area contributed by atoms with Crippen LogP contribution in [0.4, 0.5) is 0 Å². The molecular formula is C58H79IN2O20S2. The van der Waals surface area contributed by atoms with E-state index in [4.69, 9.17) is 56.9 Å². The van der Waals surface area contributed by atoms with Crippen molar-refractivity contribution in [3.05, 3.63) is 49.6 Å². The molecule has 4 aliphatic heterocycles. The Morgan fingerprint density at radius 2 is 1.59 bits per heavy atom. The van der Waals surface area contributed by atoms with Crippen LogP contribution < -0.4 is 19.7 Å². The van der Waals surface area contributed by atoms with Gasteiger partial charge in [0.2, 0.25) is 23.1 Å². The highest BCUT2D eigenvalue weighted by Gasteiger charge is 2.52. The number of ether oxygens (including phenoxy) is 11. The molecule has 0 aromatic heterocycles. The van der Waals surface area contributed by atoms with E-state index in [2.05, 4.69) is 43.0 Å². The zero-order valence-corrected chi connectivity index (χ0v) is 52.7. The number of thioether (sulfide) groups is 2. The number of methoxy groups -OCH3 is 4. The summed E-state index contributed by atoms with van der Waals surface area (Å²) in [5.74, 6) is 12.0. The zero-order valence-electron chi connectivity index (χ0n) is 48.9. The molecule has 22 nitrogen and oxygen atoms in total. The quantitative estimate of drug-likeness (QED) is 0.0618. The number of hydrogen-bond acceptors (Lipinski definition) is 23. The van der Waals surface area contributed by atoms with Crippen molar-refractivity contribution >= 4 is 62.9 Å². The molecule has 1 aromatic rings. The number of Topliss-reactive ketones (excluding diaryl/α,β-unsaturated/α-hetero) is 1. The number of hydrogen-bond donors (Lipinski definition) is 6. The normalized spacial score (nSPS) is 36.3. The summed E-state index contributed by atoms with van der Waals surface area (Å²) < 4.78 is 67.8. The van der Waals surface area contributed by atoms with Gasteiger partial charge in [0.25, 0.3) is 0 Å². The highest BCUT2D eigenvalue weighted by molar-refractivity contribution is 14.1. The number of carbonyl (C=O) groups excluding carboxylic acids is 3. The summed E-state index contributed by atoms with van der Waals surface area (Å²) in [6.07, 6.45) is -12.0. The predicted octanol–water partition coefficient (Wildman–Crippen LogP) is 3.64. The van der Waals surface area contributed by atoms with E-state index in [1.54, 1.807) is 51.3 Å². The van der Waals surface area contributed by atoms with Gasteiger partial charge in [-0.25, -0.2) is 0 Å². The van der Waals surface area contributed by atoms with Crippen LogP contribution in [0.15, 0.2) is 34.9 Å². The largest absolute Gasteiger partial charge is 0.492 e. The van der Waals surface area contributed by atoms with Gasteiger partial charge in [0.05, 0.1) is 84.2 Å². The van der Waals surface area contributed by atoms with Crippen LogP contribution in [-0.4, -0.2) is 215 Å². The monoisotopic (exact) mass is 1310 g/mol. The third kappa shape index (κ3) is 15.0. The minimum atomic E-state index is -1.87. The van der Waals surface area contributed by atoms with Crippen LogP contribution in [-0.2, 0) is 52.3 Å². The van der Waals surface area contributed by atoms with E-state index in [-0.39, 0.29) is 65.6 Å². The molecule has 0 spiro atoms. The minimum Gasteiger partial charge on any atom is -0.492 e. The summed E-state index contributed by atoms with van der Waals surface area (Å²) in [6, 6.07) is -1.49. The Bertz CT molecular complexity index is 2710. The second-order valence-corrected chi connectivity index (χ2v) is 25.1. The van der Waals surface area contributed by atoms with Gasteiger partial charge in [-0.1, -0.05) is 55.4 Å². The molecule has 19 atom stereocenters. The van der Waals surface area contributed by atoms with Crippen molar-refractivity contribution in [1.29, 1.82) is 0 Å². The van der Waals surface area contributed by atoms with Gasteiger partial charge < -0.3 is 82.5 Å². The van der Waals surface area contributed by atoms with E-state index in [1.165, 1.54) is 47.5 Å². The van der Waals surface area contributed by atoms with Crippen LogP contribution >= 0.6 is 46.1 Å². The van der Waals surface area contributed by atoms with Crippen molar-refractivity contribution in [3.63, 3.8) is 0 Å². The molecule has 4 saturated heterocycles. The van der Waals surface area contributed by atoms with Gasteiger partial charge in [0, 0.05) is 57.4 Å². The zero-order chi connectivity index (χ0) is 60.8. The molecule has 2 aliphatic carbocycles. The number of allylic oxidation sites excluding steroid dienone is 3. The lowest BCUT2D eigenvalue weighted by atomic mass is 9.74. The average molecular weight is 1320 g/mol. The highest BCUT2D eigenvalue weighted by Crippen LogP contribution is 2.49. The van der Waals surface area contributed by atoms with Gasteiger partial charge in [0.15, 0.2) is 41.8 Å². The van der Waals surface area contributed by atoms with Crippen LogP contribution in [0.2, 0.25) is 0 Å². The highest BCUT2D eigenvalue weighted by atomic mass is 127. The van der Waals surface area contributed by atoms with Crippen molar-refractivity contribution in [2.75, 3.05) is 47.3 Å². The third-order valence-corrected chi connectivity index (χ3v) is 19.2. The van der Waals surface area contributed by atoms with E-state index >= 15 is 0 Å². The van der Waals surface area contributed by atoms with E-state index in [0.717, 1.165) is 11.8 Å². The number of rotatable bonds is 20. The van der Waals surface area contributed by atoms with Crippen LogP contribution in [0, 0.1) is 34.2 Å². The predicted molar refractivity (Wildman–Crippen MR) is 313 cm³/mol. The fraction of sp³-hybridized carbons (Fsp3) is 0.672. The number of ketones is 1. The van der Waals surface area contributed by atoms with Gasteiger partial charge in [-0.15, -0.1) is 0 Å². The second-order valence-electron chi connectivity index (χ2n) is 21.3. The first kappa shape index (κ1) is 67.1. The van der Waals surface area contributed by atoms with Crippen molar-refractivity contribution in [2.45, 2.75) is 202 Å². The molecule has 1 amide bonds. The molecule has 1 aromatic carbocycles. The molecular weight excluding hydrogens is 1240 g/mol. The van der Waals surface area contributed by atoms with E-state index in [9.17, 15) is 39.9 Å². The van der Waals surface area contributed by atoms with Gasteiger partial charge in [-0.2, -0.15) is 17.2 Å². The third-order valence-electron chi connectivity index (χ3n) is 15.5. The van der Waals surface area contributed by atoms with Crippen molar-refractivity contribution in [2.24, 2.45) is 0 Å². The number of likely N-dealkylation sites (N-methyl/N-ethyl adjacent to an activating group) is 1. The number of carbonyl (C=O) groups is 3. The summed E-state index contributed by atoms with van der Waals surface area (Å²) in [7, 11) is 5.63. The molecule has 4 heterocycles. The fourth-order valence-corrected chi connectivity index (χ4v) is 13.4. The van der Waals surface area contributed by atoms with Gasteiger partial charge in [-0.3, -0.25) is 19.2 Å². The topological polar surface area (TPSA) is 278 Å². The van der Waals surface area contributed by atoms with Crippen LogP contribution in [0.25, 0.3) is 0 Å². The number of nitrogens with one attached hydrogen (secondary N) is 1. The second kappa shape index (κ2) is 29.5. The molecule has 6 aliphatic rings. The maximum Gasteiger partial charge on any atom is 0.229 e. The van der Waals surface area contributed by atoms with Crippen LogP contribution in [0.3, 0.4) is 0 Å². The number of nitrogens with zero attached hydrogens (tertiary/aromatic N) is 1. The Labute approximate surface area is 507 Å². The summed E-state index contributed by atoms with van der Waals surface area (Å²) >= 11 is 4.47. The van der Waals surface area contributed by atoms with Crippen LogP contribution in [0.5, 0.6) is 17.2 Å². The minimum absolute atomic E-state index is 0.0342. The number of aliphatic hydroxyl groups excluding tert-OH is 4. The molecule has 460 valence electrons. The summed E-state index contributed by atoms with van der Waals surface area (Å²) in [5, 5.41) is 57.0. The lowest BCUT2D eigenvalue weighted by Crippen LogP contribution is -2.65. The number of amides is 1. The summed E-state index contributed by atoms with van der Waals surface area (Å²) in [4.78, 5) is 48.6. The molecule has 25 heteroatoms. The Morgan fingerprint density at radius 3 is 2.23 bits per heavy atom. The maximum absolute atomic E-state index is 14.4. The number of benzene rings is 1. The molecule has 4 fully saturated rings. The molecule has 83 heavy (non-hydrogen) atoms. The first-order chi connectivity index (χ1) is 39.4. The molecule has 18 unspecified atom stereocenters. The first-order valence-electron chi connectivity index (χ1n) is 27.6. The molecule has 2 bridgehead atoms. The molecule has 7 rings (SSSR count). The average Bonchev–Trinajstić information content (AvgIpc) is 3.63. The maximum atomic E-state index is 14.4.